The van der Waals surface area contributed by atoms with E-state index in [1.807, 2.05) is 0 Å². The van der Waals surface area contributed by atoms with Crippen molar-refractivity contribution in [1.82, 2.24) is 4.98 Å². The Hall–Kier alpha value is -2.18. The fourth-order valence-corrected chi connectivity index (χ4v) is 4.65. The van der Waals surface area contributed by atoms with Crippen LogP contribution in [0.1, 0.15) is 43.0 Å². The average molecular weight is 415 g/mol. The second-order valence-corrected chi connectivity index (χ2v) is 8.97. The van der Waals surface area contributed by atoms with Crippen molar-refractivity contribution in [3.8, 4) is 11.3 Å². The summed E-state index contributed by atoms with van der Waals surface area (Å²) < 4.78 is 0. The number of aliphatic carboxylic acids is 1. The van der Waals surface area contributed by atoms with Gasteiger partial charge in [0.25, 0.3) is 0 Å². The molecular formula is C22H26N2O2S2. The Labute approximate surface area is 174 Å². The van der Waals surface area contributed by atoms with Crippen molar-refractivity contribution in [2.75, 3.05) is 18.0 Å². The molecule has 1 aromatic carbocycles. The zero-order valence-electron chi connectivity index (χ0n) is 16.3. The summed E-state index contributed by atoms with van der Waals surface area (Å²) >= 11 is 3.35. The Morgan fingerprint density at radius 3 is 2.57 bits per heavy atom. The molecular weight excluding hydrogens is 388 g/mol. The van der Waals surface area contributed by atoms with Gasteiger partial charge in [-0.3, -0.25) is 4.79 Å². The summed E-state index contributed by atoms with van der Waals surface area (Å²) in [7, 11) is 0. The first-order chi connectivity index (χ1) is 13.5. The number of carboxylic acid groups (broad SMARTS) is 1. The first-order valence-corrected chi connectivity index (χ1v) is 11.3. The van der Waals surface area contributed by atoms with Crippen molar-refractivity contribution < 1.29 is 9.90 Å². The number of hydrogen-bond donors (Lipinski definition) is 1. The summed E-state index contributed by atoms with van der Waals surface area (Å²) in [5.74, 6) is -0.265. The Morgan fingerprint density at radius 2 is 1.93 bits per heavy atom. The highest BCUT2D eigenvalue weighted by atomic mass is 32.1. The molecule has 0 amide bonds. The quantitative estimate of drug-likeness (QED) is 0.448. The second-order valence-electron chi connectivity index (χ2n) is 7.11. The number of carboxylic acids is 1. The summed E-state index contributed by atoms with van der Waals surface area (Å²) in [6, 6.07) is 12.8. The maximum Gasteiger partial charge on any atom is 0.305 e. The van der Waals surface area contributed by atoms with Crippen LogP contribution in [0.5, 0.6) is 0 Å². The Morgan fingerprint density at radius 1 is 1.14 bits per heavy atom. The minimum Gasteiger partial charge on any atom is -0.481 e. The molecule has 0 saturated heterocycles. The number of thiophene rings is 1. The lowest BCUT2D eigenvalue weighted by Crippen LogP contribution is -2.27. The molecule has 3 aromatic rings. The number of carbonyl (C=O) groups is 1. The molecule has 2 aromatic heterocycles. The summed E-state index contributed by atoms with van der Waals surface area (Å²) in [5.41, 5.74) is 3.37. The fraction of sp³-hybridized carbons (Fsp3) is 0.364. The summed E-state index contributed by atoms with van der Waals surface area (Å²) in [5, 5.41) is 14.2. The summed E-state index contributed by atoms with van der Waals surface area (Å²) in [6.45, 7) is 5.67. The minimum atomic E-state index is -0.774. The number of benzene rings is 1. The fourth-order valence-electron chi connectivity index (χ4n) is 3.01. The molecule has 0 bridgehead atoms. The van der Waals surface area contributed by atoms with Crippen LogP contribution in [0.25, 0.3) is 11.3 Å². The van der Waals surface area contributed by atoms with Gasteiger partial charge in [-0.2, -0.15) is 0 Å². The van der Waals surface area contributed by atoms with Gasteiger partial charge in [0.15, 0.2) is 5.13 Å². The molecule has 3 rings (SSSR count). The van der Waals surface area contributed by atoms with E-state index >= 15 is 0 Å². The molecule has 1 N–H and O–H groups in total. The molecule has 0 aliphatic carbocycles. The summed E-state index contributed by atoms with van der Waals surface area (Å²) in [4.78, 5) is 19.3. The molecule has 2 heterocycles. The van der Waals surface area contributed by atoms with Gasteiger partial charge in [-0.05, 0) is 35.8 Å². The van der Waals surface area contributed by atoms with Crippen LogP contribution in [0.2, 0.25) is 0 Å². The zero-order valence-corrected chi connectivity index (χ0v) is 17.9. The van der Waals surface area contributed by atoms with Gasteiger partial charge >= 0.3 is 5.97 Å². The maximum atomic E-state index is 11.1. The van der Waals surface area contributed by atoms with Gasteiger partial charge in [-0.25, -0.2) is 4.98 Å². The van der Waals surface area contributed by atoms with Crippen molar-refractivity contribution >= 4 is 33.8 Å². The molecule has 0 atom stereocenters. The first kappa shape index (κ1) is 20.6. The van der Waals surface area contributed by atoms with Gasteiger partial charge in [0, 0.05) is 28.9 Å². The van der Waals surface area contributed by atoms with Gasteiger partial charge < -0.3 is 10.0 Å². The molecule has 0 spiro atoms. The van der Waals surface area contributed by atoms with Gasteiger partial charge in [0.2, 0.25) is 0 Å². The standard InChI is InChI=1S/C22H26N2O2S2/c1-16(2)17-7-9-18(10-8-17)20-15-28-22(23-20)24(13-11-21(25)26)12-3-5-19-6-4-14-27-19/h4,6-10,14-16H,3,5,11-13H2,1-2H3,(H,25,26). The number of thiazole rings is 1. The number of aryl methyl sites for hydroxylation is 1. The Balaban J connectivity index is 1.69. The van der Waals surface area contributed by atoms with Crippen molar-refractivity contribution in [3.05, 3.63) is 57.6 Å². The molecule has 6 heteroatoms. The van der Waals surface area contributed by atoms with Gasteiger partial charge in [-0.1, -0.05) is 44.2 Å². The number of rotatable bonds is 10. The third-order valence-corrected chi connectivity index (χ3v) is 6.50. The topological polar surface area (TPSA) is 53.4 Å². The number of hydrogen-bond acceptors (Lipinski definition) is 5. The normalized spacial score (nSPS) is 11.1. The third kappa shape index (κ3) is 5.66. The number of nitrogens with zero attached hydrogens (tertiary/aromatic N) is 2. The van der Waals surface area contributed by atoms with Crippen LogP contribution in [0, 0.1) is 0 Å². The molecule has 28 heavy (non-hydrogen) atoms. The molecule has 0 aliphatic heterocycles. The molecule has 0 fully saturated rings. The van der Waals surface area contributed by atoms with Crippen molar-refractivity contribution in [3.63, 3.8) is 0 Å². The van der Waals surface area contributed by atoms with Crippen molar-refractivity contribution in [2.24, 2.45) is 0 Å². The highest BCUT2D eigenvalue weighted by Gasteiger charge is 2.14. The van der Waals surface area contributed by atoms with Crippen LogP contribution in [0.3, 0.4) is 0 Å². The smallest absolute Gasteiger partial charge is 0.305 e. The van der Waals surface area contributed by atoms with Gasteiger partial charge in [0.05, 0.1) is 12.1 Å². The van der Waals surface area contributed by atoms with Crippen LogP contribution in [-0.2, 0) is 11.2 Å². The largest absolute Gasteiger partial charge is 0.481 e. The lowest BCUT2D eigenvalue weighted by Gasteiger charge is -2.20. The molecule has 0 saturated carbocycles. The molecule has 148 valence electrons. The minimum absolute atomic E-state index is 0.122. The zero-order chi connectivity index (χ0) is 19.9. The molecule has 4 nitrogen and oxygen atoms in total. The predicted molar refractivity (Wildman–Crippen MR) is 119 cm³/mol. The van der Waals surface area contributed by atoms with E-state index in [-0.39, 0.29) is 6.42 Å². The van der Waals surface area contributed by atoms with E-state index in [1.54, 1.807) is 22.7 Å². The molecule has 0 radical (unpaired) electrons. The summed E-state index contributed by atoms with van der Waals surface area (Å²) in [6.07, 6.45) is 2.12. The average Bonchev–Trinajstić information content (AvgIpc) is 3.36. The van der Waals surface area contributed by atoms with Crippen LogP contribution >= 0.6 is 22.7 Å². The molecule has 0 unspecified atom stereocenters. The lowest BCUT2D eigenvalue weighted by molar-refractivity contribution is -0.136. The van der Waals surface area contributed by atoms with Gasteiger partial charge in [-0.15, -0.1) is 22.7 Å². The Bertz CT molecular complexity index is 870. The Kier molecular flexibility index (Phi) is 7.23. The highest BCUT2D eigenvalue weighted by Crippen LogP contribution is 2.29. The van der Waals surface area contributed by atoms with E-state index in [2.05, 4.69) is 65.9 Å². The van der Waals surface area contributed by atoms with E-state index in [1.165, 1.54) is 10.4 Å². The second kappa shape index (κ2) is 9.85. The van der Waals surface area contributed by atoms with Gasteiger partial charge in [0.1, 0.15) is 0 Å². The maximum absolute atomic E-state index is 11.1. The van der Waals surface area contributed by atoms with Crippen LogP contribution in [0.15, 0.2) is 47.2 Å². The highest BCUT2D eigenvalue weighted by molar-refractivity contribution is 7.14. The van der Waals surface area contributed by atoms with E-state index < -0.39 is 5.97 Å². The lowest BCUT2D eigenvalue weighted by atomic mass is 10.0. The van der Waals surface area contributed by atoms with E-state index in [4.69, 9.17) is 10.1 Å². The van der Waals surface area contributed by atoms with Crippen LogP contribution in [0.4, 0.5) is 5.13 Å². The SMILES string of the molecule is CC(C)c1ccc(-c2csc(N(CCCc3cccs3)CCC(=O)O)n2)cc1. The number of aromatic nitrogens is 1. The first-order valence-electron chi connectivity index (χ1n) is 9.58. The van der Waals surface area contributed by atoms with Crippen molar-refractivity contribution in [2.45, 2.75) is 39.0 Å². The van der Waals surface area contributed by atoms with E-state index in [9.17, 15) is 4.79 Å². The number of anilines is 1. The monoisotopic (exact) mass is 414 g/mol. The third-order valence-electron chi connectivity index (χ3n) is 4.66. The van der Waals surface area contributed by atoms with E-state index in [0.717, 1.165) is 35.8 Å². The predicted octanol–water partition coefficient (Wildman–Crippen LogP) is 5.91. The van der Waals surface area contributed by atoms with E-state index in [0.29, 0.717) is 12.5 Å². The van der Waals surface area contributed by atoms with Crippen LogP contribution in [-0.4, -0.2) is 29.1 Å². The van der Waals surface area contributed by atoms with Crippen LogP contribution < -0.4 is 4.90 Å². The molecule has 0 aliphatic rings. The van der Waals surface area contributed by atoms with Crippen molar-refractivity contribution in [1.29, 1.82) is 0 Å².